The van der Waals surface area contributed by atoms with E-state index in [-0.39, 0.29) is 27.8 Å². The van der Waals surface area contributed by atoms with Gasteiger partial charge in [-0.25, -0.2) is 4.57 Å². The summed E-state index contributed by atoms with van der Waals surface area (Å²) in [4.78, 5) is 0. The van der Waals surface area contributed by atoms with E-state index in [4.69, 9.17) is 9.05 Å². The SMILES string of the molecule is Cc1cc(C(C)(C)C)c(OP2(=O)Cc3cc(C(C)(C)C)cc(C(C)(C)C)c3O2)c(C(C)(C)C)c1. The van der Waals surface area contributed by atoms with Crippen molar-refractivity contribution in [2.45, 2.75) is 118 Å². The Morgan fingerprint density at radius 2 is 1.18 bits per heavy atom. The Hall–Kier alpha value is -1.73. The van der Waals surface area contributed by atoms with E-state index in [1.807, 2.05) is 0 Å². The molecular formula is C30H45O3P. The van der Waals surface area contributed by atoms with Gasteiger partial charge in [0.25, 0.3) is 0 Å². The molecule has 0 spiro atoms. The van der Waals surface area contributed by atoms with Crippen LogP contribution in [0.4, 0.5) is 0 Å². The predicted octanol–water partition coefficient (Wildman–Crippen LogP) is 9.35. The van der Waals surface area contributed by atoms with Crippen molar-refractivity contribution in [3.8, 4) is 11.5 Å². The molecule has 0 aromatic heterocycles. The Balaban J connectivity index is 2.18. The van der Waals surface area contributed by atoms with Crippen molar-refractivity contribution in [3.05, 3.63) is 57.6 Å². The highest BCUT2D eigenvalue weighted by Gasteiger charge is 2.43. The second-order valence-electron chi connectivity index (χ2n) is 14.2. The van der Waals surface area contributed by atoms with Crippen molar-refractivity contribution in [1.82, 2.24) is 0 Å². The highest BCUT2D eigenvalue weighted by molar-refractivity contribution is 7.54. The van der Waals surface area contributed by atoms with Crippen LogP contribution >= 0.6 is 7.60 Å². The highest BCUT2D eigenvalue weighted by Crippen LogP contribution is 2.62. The number of hydrogen-bond donors (Lipinski definition) is 0. The van der Waals surface area contributed by atoms with Gasteiger partial charge in [-0.05, 0) is 34.1 Å². The Morgan fingerprint density at radius 3 is 1.59 bits per heavy atom. The first-order valence-corrected chi connectivity index (χ1v) is 14.2. The maximum Gasteiger partial charge on any atom is 0.435 e. The first-order chi connectivity index (χ1) is 15.1. The molecule has 3 nitrogen and oxygen atoms in total. The molecule has 1 atom stereocenters. The fourth-order valence-electron chi connectivity index (χ4n) is 4.46. The summed E-state index contributed by atoms with van der Waals surface area (Å²) < 4.78 is 27.1. The summed E-state index contributed by atoms with van der Waals surface area (Å²) in [5, 5.41) is 0. The largest absolute Gasteiger partial charge is 0.435 e. The van der Waals surface area contributed by atoms with Crippen LogP contribution in [0.2, 0.25) is 0 Å². The van der Waals surface area contributed by atoms with Gasteiger partial charge < -0.3 is 9.05 Å². The number of benzene rings is 2. The third-order valence-electron chi connectivity index (χ3n) is 6.51. The molecule has 0 fully saturated rings. The summed E-state index contributed by atoms with van der Waals surface area (Å²) in [6, 6.07) is 8.72. The fourth-order valence-corrected chi connectivity index (χ4v) is 6.25. The van der Waals surface area contributed by atoms with Gasteiger partial charge in [-0.1, -0.05) is 113 Å². The molecule has 1 heterocycles. The van der Waals surface area contributed by atoms with Crippen molar-refractivity contribution in [3.63, 3.8) is 0 Å². The quantitative estimate of drug-likeness (QED) is 0.398. The second-order valence-corrected chi connectivity index (χ2v) is 16.1. The molecule has 0 N–H and O–H groups in total. The third-order valence-corrected chi connectivity index (χ3v) is 8.16. The van der Waals surface area contributed by atoms with E-state index in [0.29, 0.717) is 0 Å². The normalized spacial score (nSPS) is 19.1. The molecule has 0 radical (unpaired) electrons. The molecule has 4 heteroatoms. The summed E-state index contributed by atoms with van der Waals surface area (Å²) in [6.07, 6.45) is 0.288. The maximum atomic E-state index is 14.3. The van der Waals surface area contributed by atoms with E-state index in [2.05, 4.69) is 114 Å². The molecular weight excluding hydrogens is 439 g/mol. The number of aryl methyl sites for hydroxylation is 1. The van der Waals surface area contributed by atoms with Crippen molar-refractivity contribution >= 4 is 7.60 Å². The van der Waals surface area contributed by atoms with Crippen LogP contribution in [-0.4, -0.2) is 0 Å². The molecule has 188 valence electrons. The van der Waals surface area contributed by atoms with Crippen molar-refractivity contribution in [2.75, 3.05) is 0 Å². The summed E-state index contributed by atoms with van der Waals surface area (Å²) in [6.45, 7) is 28.3. The Bertz CT molecular complexity index is 1110. The predicted molar refractivity (Wildman–Crippen MR) is 145 cm³/mol. The lowest BCUT2D eigenvalue weighted by Crippen LogP contribution is -2.20. The zero-order chi connectivity index (χ0) is 26.1. The molecule has 34 heavy (non-hydrogen) atoms. The van der Waals surface area contributed by atoms with Crippen molar-refractivity contribution < 1.29 is 13.6 Å². The minimum Gasteiger partial charge on any atom is -0.415 e. The summed E-state index contributed by atoms with van der Waals surface area (Å²) in [5.41, 5.74) is 6.14. The summed E-state index contributed by atoms with van der Waals surface area (Å²) in [5.74, 6) is 1.46. The average molecular weight is 485 g/mol. The van der Waals surface area contributed by atoms with Crippen LogP contribution in [0, 0.1) is 6.92 Å². The van der Waals surface area contributed by atoms with E-state index in [9.17, 15) is 4.57 Å². The van der Waals surface area contributed by atoms with Crippen molar-refractivity contribution in [2.24, 2.45) is 0 Å². The van der Waals surface area contributed by atoms with Gasteiger partial charge in [0.05, 0.1) is 0 Å². The van der Waals surface area contributed by atoms with E-state index < -0.39 is 7.60 Å². The summed E-state index contributed by atoms with van der Waals surface area (Å²) >= 11 is 0. The van der Waals surface area contributed by atoms with Crippen LogP contribution in [0.25, 0.3) is 0 Å². The van der Waals surface area contributed by atoms with Crippen LogP contribution in [0.5, 0.6) is 11.5 Å². The van der Waals surface area contributed by atoms with Gasteiger partial charge in [-0.3, -0.25) is 0 Å². The van der Waals surface area contributed by atoms with E-state index in [0.717, 1.165) is 33.8 Å². The minimum absolute atomic E-state index is 0.0156. The monoisotopic (exact) mass is 484 g/mol. The molecule has 1 unspecified atom stereocenters. The zero-order valence-electron chi connectivity index (χ0n) is 23.7. The number of fused-ring (bicyclic) bond motifs is 1. The lowest BCUT2D eigenvalue weighted by atomic mass is 9.78. The molecule has 0 saturated heterocycles. The Kier molecular flexibility index (Phi) is 6.45. The maximum absolute atomic E-state index is 14.3. The van der Waals surface area contributed by atoms with Crippen LogP contribution in [0.15, 0.2) is 24.3 Å². The number of hydrogen-bond acceptors (Lipinski definition) is 3. The van der Waals surface area contributed by atoms with Gasteiger partial charge in [-0.2, -0.15) is 0 Å². The highest BCUT2D eigenvalue weighted by atomic mass is 31.2. The molecule has 0 amide bonds. The minimum atomic E-state index is -3.45. The average Bonchev–Trinajstić information content (AvgIpc) is 2.94. The first kappa shape index (κ1) is 26.9. The smallest absolute Gasteiger partial charge is 0.415 e. The third kappa shape index (κ3) is 5.40. The van der Waals surface area contributed by atoms with Crippen LogP contribution in [-0.2, 0) is 32.4 Å². The molecule has 0 saturated carbocycles. The van der Waals surface area contributed by atoms with Crippen LogP contribution in [0.1, 0.15) is 116 Å². The van der Waals surface area contributed by atoms with Gasteiger partial charge in [0, 0.05) is 22.3 Å². The molecule has 1 aliphatic rings. The van der Waals surface area contributed by atoms with E-state index in [1.165, 1.54) is 11.1 Å². The number of rotatable bonds is 2. The lowest BCUT2D eigenvalue weighted by molar-refractivity contribution is 0.380. The van der Waals surface area contributed by atoms with Gasteiger partial charge >= 0.3 is 7.60 Å². The van der Waals surface area contributed by atoms with Crippen LogP contribution < -0.4 is 9.05 Å². The van der Waals surface area contributed by atoms with Gasteiger partial charge in [0.1, 0.15) is 17.7 Å². The Labute approximate surface area is 208 Å². The van der Waals surface area contributed by atoms with E-state index in [1.54, 1.807) is 0 Å². The first-order valence-electron chi connectivity index (χ1n) is 12.4. The van der Waals surface area contributed by atoms with Gasteiger partial charge in [0.15, 0.2) is 0 Å². The van der Waals surface area contributed by atoms with Crippen molar-refractivity contribution in [1.29, 1.82) is 0 Å². The lowest BCUT2D eigenvalue weighted by Gasteiger charge is -2.31. The molecule has 2 aromatic carbocycles. The summed E-state index contributed by atoms with van der Waals surface area (Å²) in [7, 11) is -3.45. The molecule has 0 aliphatic carbocycles. The Morgan fingerprint density at radius 1 is 0.706 bits per heavy atom. The van der Waals surface area contributed by atoms with Gasteiger partial charge in [-0.15, -0.1) is 0 Å². The zero-order valence-corrected chi connectivity index (χ0v) is 24.6. The van der Waals surface area contributed by atoms with Gasteiger partial charge in [0.2, 0.25) is 0 Å². The molecule has 3 rings (SSSR count). The molecule has 0 bridgehead atoms. The standard InChI is InChI=1S/C30H45O3P/c1-19-14-22(28(5,6)7)26(23(15-19)29(8,9)10)33-34(31)18-20-16-21(27(2,3)4)17-24(25(20)32-34)30(11,12)13/h14-17H,18H2,1-13H3. The van der Waals surface area contributed by atoms with Crippen LogP contribution in [0.3, 0.4) is 0 Å². The second kappa shape index (κ2) is 8.16. The fraction of sp³-hybridized carbons (Fsp3) is 0.600. The molecule has 1 aliphatic heterocycles. The van der Waals surface area contributed by atoms with E-state index >= 15 is 0 Å². The topological polar surface area (TPSA) is 35.5 Å². The molecule has 2 aromatic rings.